The van der Waals surface area contributed by atoms with Gasteiger partial charge in [-0.2, -0.15) is 0 Å². The molecule has 0 spiro atoms. The lowest BCUT2D eigenvalue weighted by Crippen LogP contribution is -2.05. The SMILES string of the molecule is CCCCCCCCCCCOC(=O)CCCCCCC/C=C\C[C@H](O)CCCCCC. The lowest BCUT2D eigenvalue weighted by atomic mass is 10.1. The number of rotatable bonds is 25. The average molecular weight is 453 g/mol. The second-order valence-electron chi connectivity index (χ2n) is 9.57. The summed E-state index contributed by atoms with van der Waals surface area (Å²) in [6.45, 7) is 5.08. The molecule has 0 saturated carbocycles. The Morgan fingerprint density at radius 1 is 0.688 bits per heavy atom. The van der Waals surface area contributed by atoms with Gasteiger partial charge in [0.15, 0.2) is 0 Å². The third kappa shape index (κ3) is 25.4. The van der Waals surface area contributed by atoms with Crippen molar-refractivity contribution in [3.05, 3.63) is 12.2 Å². The van der Waals surface area contributed by atoms with Crippen LogP contribution in [0.15, 0.2) is 12.2 Å². The maximum Gasteiger partial charge on any atom is 0.305 e. The van der Waals surface area contributed by atoms with Crippen molar-refractivity contribution >= 4 is 5.97 Å². The normalized spacial score (nSPS) is 12.5. The van der Waals surface area contributed by atoms with Crippen LogP contribution in [-0.2, 0) is 9.53 Å². The number of allylic oxidation sites excluding steroid dienone is 1. The summed E-state index contributed by atoms with van der Waals surface area (Å²) in [5.41, 5.74) is 0. The third-order valence-electron chi connectivity index (χ3n) is 6.23. The molecule has 0 rings (SSSR count). The molecule has 0 unspecified atom stereocenters. The second-order valence-corrected chi connectivity index (χ2v) is 9.57. The van der Waals surface area contributed by atoms with Crippen molar-refractivity contribution < 1.29 is 14.6 Å². The van der Waals surface area contributed by atoms with E-state index in [1.807, 2.05) is 0 Å². The van der Waals surface area contributed by atoms with Gasteiger partial charge in [-0.1, -0.05) is 122 Å². The van der Waals surface area contributed by atoms with Crippen molar-refractivity contribution in [3.63, 3.8) is 0 Å². The maximum absolute atomic E-state index is 11.8. The van der Waals surface area contributed by atoms with Crippen LogP contribution in [0.5, 0.6) is 0 Å². The molecule has 0 radical (unpaired) electrons. The fraction of sp³-hybridized carbons (Fsp3) is 0.897. The van der Waals surface area contributed by atoms with E-state index in [1.165, 1.54) is 89.9 Å². The molecule has 0 aliphatic rings. The molecule has 3 heteroatoms. The Kier molecular flexibility index (Phi) is 25.7. The monoisotopic (exact) mass is 452 g/mol. The minimum atomic E-state index is -0.164. The Labute approximate surface area is 200 Å². The molecular weight excluding hydrogens is 396 g/mol. The zero-order valence-corrected chi connectivity index (χ0v) is 21.8. The molecule has 0 aliphatic heterocycles. The molecule has 3 nitrogen and oxygen atoms in total. The molecule has 0 amide bonds. The van der Waals surface area contributed by atoms with Crippen molar-refractivity contribution in [2.24, 2.45) is 0 Å². The van der Waals surface area contributed by atoms with Gasteiger partial charge in [0.05, 0.1) is 12.7 Å². The van der Waals surface area contributed by atoms with Gasteiger partial charge in [0, 0.05) is 6.42 Å². The van der Waals surface area contributed by atoms with Crippen LogP contribution in [0.2, 0.25) is 0 Å². The van der Waals surface area contributed by atoms with Gasteiger partial charge in [-0.05, 0) is 38.5 Å². The van der Waals surface area contributed by atoms with E-state index in [1.54, 1.807) is 0 Å². The van der Waals surface area contributed by atoms with Gasteiger partial charge in [-0.3, -0.25) is 4.79 Å². The van der Waals surface area contributed by atoms with Gasteiger partial charge >= 0.3 is 5.97 Å². The first-order valence-electron chi connectivity index (χ1n) is 14.2. The van der Waals surface area contributed by atoms with Crippen LogP contribution in [0, 0.1) is 0 Å². The van der Waals surface area contributed by atoms with Crippen molar-refractivity contribution in [2.75, 3.05) is 6.61 Å². The van der Waals surface area contributed by atoms with E-state index >= 15 is 0 Å². The van der Waals surface area contributed by atoms with E-state index in [-0.39, 0.29) is 12.1 Å². The van der Waals surface area contributed by atoms with Crippen LogP contribution < -0.4 is 0 Å². The molecule has 0 heterocycles. The predicted molar refractivity (Wildman–Crippen MR) is 139 cm³/mol. The first kappa shape index (κ1) is 31.2. The molecule has 32 heavy (non-hydrogen) atoms. The topological polar surface area (TPSA) is 46.5 Å². The zero-order chi connectivity index (χ0) is 23.5. The molecule has 190 valence electrons. The quantitative estimate of drug-likeness (QED) is 0.0853. The Balaban J connectivity index is 3.29. The third-order valence-corrected chi connectivity index (χ3v) is 6.23. The van der Waals surface area contributed by atoms with Crippen LogP contribution in [0.3, 0.4) is 0 Å². The van der Waals surface area contributed by atoms with E-state index in [0.717, 1.165) is 44.9 Å². The molecule has 0 aliphatic carbocycles. The minimum absolute atomic E-state index is 0.0132. The number of ether oxygens (including phenoxy) is 1. The Bertz CT molecular complexity index is 405. The molecule has 0 aromatic rings. The second kappa shape index (κ2) is 26.4. The first-order valence-corrected chi connectivity index (χ1v) is 14.2. The van der Waals surface area contributed by atoms with Crippen molar-refractivity contribution in [2.45, 2.75) is 161 Å². The standard InChI is InChI=1S/C29H56O3/c1-3-5-7-9-10-13-16-19-23-27-32-29(31)26-22-18-15-12-11-14-17-21-25-28(30)24-20-8-6-4-2/h17,21,28,30H,3-16,18-20,22-27H2,1-2H3/b21-17-/t28-/m1/s1. The molecule has 1 atom stereocenters. The lowest BCUT2D eigenvalue weighted by Gasteiger charge is -2.07. The highest BCUT2D eigenvalue weighted by Gasteiger charge is 2.03. The number of unbranched alkanes of at least 4 members (excludes halogenated alkanes) is 16. The van der Waals surface area contributed by atoms with Crippen molar-refractivity contribution in [3.8, 4) is 0 Å². The predicted octanol–water partition coefficient (Wildman–Crippen LogP) is 9.07. The summed E-state index contributed by atoms with van der Waals surface area (Å²) in [5.74, 6) is -0.0132. The average Bonchev–Trinajstić information content (AvgIpc) is 2.79. The molecule has 1 N–H and O–H groups in total. The fourth-order valence-electron chi connectivity index (χ4n) is 4.03. The van der Waals surface area contributed by atoms with Crippen LogP contribution in [0.1, 0.15) is 155 Å². The van der Waals surface area contributed by atoms with Gasteiger partial charge in [-0.15, -0.1) is 0 Å². The lowest BCUT2D eigenvalue weighted by molar-refractivity contribution is -0.143. The van der Waals surface area contributed by atoms with Crippen LogP contribution >= 0.6 is 0 Å². The maximum atomic E-state index is 11.8. The van der Waals surface area contributed by atoms with Gasteiger partial charge in [0.1, 0.15) is 0 Å². The van der Waals surface area contributed by atoms with E-state index in [9.17, 15) is 9.90 Å². The Morgan fingerprint density at radius 2 is 1.22 bits per heavy atom. The highest BCUT2D eigenvalue weighted by Crippen LogP contribution is 2.12. The summed E-state index contributed by atoms with van der Waals surface area (Å²) in [5, 5.41) is 9.94. The van der Waals surface area contributed by atoms with Gasteiger partial charge in [-0.25, -0.2) is 0 Å². The molecule has 0 aromatic carbocycles. The van der Waals surface area contributed by atoms with Crippen molar-refractivity contribution in [1.82, 2.24) is 0 Å². The molecule has 0 fully saturated rings. The van der Waals surface area contributed by atoms with Crippen LogP contribution in [0.4, 0.5) is 0 Å². The van der Waals surface area contributed by atoms with Gasteiger partial charge in [0.25, 0.3) is 0 Å². The highest BCUT2D eigenvalue weighted by molar-refractivity contribution is 5.69. The zero-order valence-electron chi connectivity index (χ0n) is 21.8. The first-order chi connectivity index (χ1) is 15.7. The number of aliphatic hydroxyl groups is 1. The molecule has 0 aromatic heterocycles. The van der Waals surface area contributed by atoms with Crippen molar-refractivity contribution in [1.29, 1.82) is 0 Å². The van der Waals surface area contributed by atoms with E-state index in [2.05, 4.69) is 26.0 Å². The highest BCUT2D eigenvalue weighted by atomic mass is 16.5. The Hall–Kier alpha value is -0.830. The largest absolute Gasteiger partial charge is 0.466 e. The van der Waals surface area contributed by atoms with Crippen LogP contribution in [0.25, 0.3) is 0 Å². The number of hydrogen-bond donors (Lipinski definition) is 1. The van der Waals surface area contributed by atoms with E-state index in [4.69, 9.17) is 4.74 Å². The summed E-state index contributed by atoms with van der Waals surface area (Å²) >= 11 is 0. The minimum Gasteiger partial charge on any atom is -0.466 e. The van der Waals surface area contributed by atoms with Gasteiger partial charge in [0.2, 0.25) is 0 Å². The fourth-order valence-corrected chi connectivity index (χ4v) is 4.03. The summed E-state index contributed by atoms with van der Waals surface area (Å²) in [6.07, 6.45) is 29.8. The summed E-state index contributed by atoms with van der Waals surface area (Å²) in [6, 6.07) is 0. The number of aliphatic hydroxyl groups excluding tert-OH is 1. The van der Waals surface area contributed by atoms with E-state index < -0.39 is 0 Å². The molecule has 0 bridgehead atoms. The Morgan fingerprint density at radius 3 is 1.88 bits per heavy atom. The van der Waals surface area contributed by atoms with E-state index in [0.29, 0.717) is 13.0 Å². The van der Waals surface area contributed by atoms with Crippen LogP contribution in [-0.4, -0.2) is 23.8 Å². The summed E-state index contributed by atoms with van der Waals surface area (Å²) in [4.78, 5) is 11.8. The number of carbonyl (C=O) groups excluding carboxylic acids is 1. The smallest absolute Gasteiger partial charge is 0.305 e. The number of esters is 1. The number of carbonyl (C=O) groups is 1. The molecular formula is C29H56O3. The summed E-state index contributed by atoms with van der Waals surface area (Å²) in [7, 11) is 0. The number of hydrogen-bond acceptors (Lipinski definition) is 3. The van der Waals surface area contributed by atoms with Gasteiger partial charge < -0.3 is 9.84 Å². The molecule has 0 saturated heterocycles. The summed E-state index contributed by atoms with van der Waals surface area (Å²) < 4.78 is 5.36.